The second-order valence-corrected chi connectivity index (χ2v) is 2.52. The second-order valence-electron chi connectivity index (χ2n) is 2.52. The largest absolute Gasteiger partial charge is 0.414 e. The van der Waals surface area contributed by atoms with Crippen LogP contribution in [0.15, 0.2) is 0 Å². The first-order valence-electron chi connectivity index (χ1n) is 3.32. The van der Waals surface area contributed by atoms with Crippen molar-refractivity contribution in [3.05, 3.63) is 0 Å². The SMILES string of the molecule is FCC1CCC(C(F)(F)F)O1. The van der Waals surface area contributed by atoms with Crippen molar-refractivity contribution in [2.45, 2.75) is 31.2 Å². The molecule has 0 aromatic carbocycles. The molecule has 0 aliphatic carbocycles. The highest BCUT2D eigenvalue weighted by molar-refractivity contribution is 4.78. The van der Waals surface area contributed by atoms with E-state index in [4.69, 9.17) is 0 Å². The van der Waals surface area contributed by atoms with Crippen molar-refractivity contribution in [3.8, 4) is 0 Å². The minimum atomic E-state index is -4.33. The molecule has 0 bridgehead atoms. The summed E-state index contributed by atoms with van der Waals surface area (Å²) >= 11 is 0. The normalized spacial score (nSPS) is 32.7. The van der Waals surface area contributed by atoms with Gasteiger partial charge in [0.05, 0.1) is 6.10 Å². The van der Waals surface area contributed by atoms with Crippen LogP contribution in [0.2, 0.25) is 0 Å². The summed E-state index contributed by atoms with van der Waals surface area (Å²) in [5.74, 6) is 0. The molecule has 5 heteroatoms. The van der Waals surface area contributed by atoms with Gasteiger partial charge in [-0.1, -0.05) is 0 Å². The van der Waals surface area contributed by atoms with Crippen LogP contribution in [0, 0.1) is 0 Å². The van der Waals surface area contributed by atoms with Gasteiger partial charge in [-0.05, 0) is 12.8 Å². The molecule has 0 aromatic rings. The standard InChI is InChI=1S/C6H8F4O/c7-3-4-1-2-5(11-4)6(8,9)10/h4-5H,1-3H2. The Kier molecular flexibility index (Phi) is 2.37. The van der Waals surface area contributed by atoms with Crippen LogP contribution < -0.4 is 0 Å². The van der Waals surface area contributed by atoms with Crippen molar-refractivity contribution in [1.82, 2.24) is 0 Å². The van der Waals surface area contributed by atoms with Gasteiger partial charge >= 0.3 is 6.18 Å². The fourth-order valence-corrected chi connectivity index (χ4v) is 1.06. The third-order valence-corrected chi connectivity index (χ3v) is 1.64. The minimum Gasteiger partial charge on any atom is -0.363 e. The molecule has 0 radical (unpaired) electrons. The van der Waals surface area contributed by atoms with Crippen LogP contribution in [0.5, 0.6) is 0 Å². The minimum absolute atomic E-state index is 0.113. The lowest BCUT2D eigenvalue weighted by molar-refractivity contribution is -0.215. The number of ether oxygens (including phenoxy) is 1. The van der Waals surface area contributed by atoms with E-state index in [0.29, 0.717) is 0 Å². The molecule has 0 spiro atoms. The summed E-state index contributed by atoms with van der Waals surface area (Å²) in [5, 5.41) is 0. The van der Waals surface area contributed by atoms with E-state index in [0.717, 1.165) is 0 Å². The molecule has 2 unspecified atom stereocenters. The Bertz CT molecular complexity index is 133. The van der Waals surface area contributed by atoms with Crippen molar-refractivity contribution < 1.29 is 22.3 Å². The number of alkyl halides is 4. The van der Waals surface area contributed by atoms with Gasteiger partial charge in [-0.3, -0.25) is 0 Å². The Morgan fingerprint density at radius 1 is 1.27 bits per heavy atom. The molecule has 11 heavy (non-hydrogen) atoms. The fourth-order valence-electron chi connectivity index (χ4n) is 1.06. The number of rotatable bonds is 1. The molecule has 2 atom stereocenters. The van der Waals surface area contributed by atoms with Crippen LogP contribution in [0.25, 0.3) is 0 Å². The summed E-state index contributed by atoms with van der Waals surface area (Å²) in [4.78, 5) is 0. The lowest BCUT2D eigenvalue weighted by Gasteiger charge is -2.14. The Morgan fingerprint density at radius 3 is 2.18 bits per heavy atom. The predicted molar refractivity (Wildman–Crippen MR) is 29.9 cm³/mol. The quantitative estimate of drug-likeness (QED) is 0.550. The van der Waals surface area contributed by atoms with Gasteiger partial charge in [-0.15, -0.1) is 0 Å². The van der Waals surface area contributed by atoms with Gasteiger partial charge in [0.2, 0.25) is 0 Å². The maximum absolute atomic E-state index is 11.8. The first-order valence-corrected chi connectivity index (χ1v) is 3.32. The third kappa shape index (κ3) is 2.05. The first-order chi connectivity index (χ1) is 5.04. The monoisotopic (exact) mass is 172 g/mol. The van der Waals surface area contributed by atoms with E-state index in [1.165, 1.54) is 0 Å². The zero-order valence-electron chi connectivity index (χ0n) is 5.70. The zero-order valence-corrected chi connectivity index (χ0v) is 5.70. The zero-order chi connectivity index (χ0) is 8.48. The van der Waals surface area contributed by atoms with Crippen molar-refractivity contribution in [3.63, 3.8) is 0 Å². The van der Waals surface area contributed by atoms with Gasteiger partial charge in [-0.25, -0.2) is 4.39 Å². The lowest BCUT2D eigenvalue weighted by atomic mass is 10.2. The molecule has 1 aliphatic rings. The van der Waals surface area contributed by atoms with E-state index in [1.807, 2.05) is 0 Å². The topological polar surface area (TPSA) is 9.23 Å². The van der Waals surface area contributed by atoms with Gasteiger partial charge in [0, 0.05) is 0 Å². The maximum Gasteiger partial charge on any atom is 0.414 e. The Hall–Kier alpha value is -0.320. The average molecular weight is 172 g/mol. The van der Waals surface area contributed by atoms with Gasteiger partial charge in [0.1, 0.15) is 6.67 Å². The first kappa shape index (κ1) is 8.77. The fraction of sp³-hybridized carbons (Fsp3) is 1.00. The molecule has 1 nitrogen and oxygen atoms in total. The van der Waals surface area contributed by atoms with E-state index < -0.39 is 25.1 Å². The molecule has 1 rings (SSSR count). The van der Waals surface area contributed by atoms with E-state index in [-0.39, 0.29) is 12.8 Å². The molecule has 1 fully saturated rings. The second kappa shape index (κ2) is 2.97. The van der Waals surface area contributed by atoms with Crippen LogP contribution >= 0.6 is 0 Å². The maximum atomic E-state index is 11.8. The summed E-state index contributed by atoms with van der Waals surface area (Å²) in [5.41, 5.74) is 0. The smallest absolute Gasteiger partial charge is 0.363 e. The number of hydrogen-bond donors (Lipinski definition) is 0. The van der Waals surface area contributed by atoms with E-state index >= 15 is 0 Å². The van der Waals surface area contributed by atoms with Crippen molar-refractivity contribution in [1.29, 1.82) is 0 Å². The Morgan fingerprint density at radius 2 is 1.91 bits per heavy atom. The van der Waals surface area contributed by atoms with Gasteiger partial charge < -0.3 is 4.74 Å². The highest BCUT2D eigenvalue weighted by atomic mass is 19.4. The molecule has 1 saturated heterocycles. The highest BCUT2D eigenvalue weighted by Gasteiger charge is 2.45. The summed E-state index contributed by atoms with van der Waals surface area (Å²) in [7, 11) is 0. The molecular formula is C6H8F4O. The molecule has 0 saturated carbocycles. The van der Waals surface area contributed by atoms with Gasteiger partial charge in [0.25, 0.3) is 0 Å². The van der Waals surface area contributed by atoms with Crippen LogP contribution in [-0.2, 0) is 4.74 Å². The van der Waals surface area contributed by atoms with Crippen molar-refractivity contribution in [2.75, 3.05) is 6.67 Å². The van der Waals surface area contributed by atoms with Crippen molar-refractivity contribution >= 4 is 0 Å². The predicted octanol–water partition coefficient (Wildman–Crippen LogP) is 2.07. The van der Waals surface area contributed by atoms with Crippen LogP contribution in [0.1, 0.15) is 12.8 Å². The van der Waals surface area contributed by atoms with Gasteiger partial charge in [0.15, 0.2) is 6.10 Å². The molecule has 66 valence electrons. The average Bonchev–Trinajstić information content (AvgIpc) is 2.32. The molecule has 1 aliphatic heterocycles. The van der Waals surface area contributed by atoms with E-state index in [9.17, 15) is 17.6 Å². The molecule has 0 aromatic heterocycles. The summed E-state index contributed by atoms with van der Waals surface area (Å²) in [6.45, 7) is -0.827. The highest BCUT2D eigenvalue weighted by Crippen LogP contribution is 2.33. The van der Waals surface area contributed by atoms with Crippen LogP contribution in [0.4, 0.5) is 17.6 Å². The number of halogens is 4. The van der Waals surface area contributed by atoms with Crippen molar-refractivity contribution in [2.24, 2.45) is 0 Å². The summed E-state index contributed by atoms with van der Waals surface area (Å²) in [6, 6.07) is 0. The third-order valence-electron chi connectivity index (χ3n) is 1.64. The molecule has 0 N–H and O–H groups in total. The number of hydrogen-bond acceptors (Lipinski definition) is 1. The lowest BCUT2D eigenvalue weighted by Crippen LogP contribution is -2.29. The van der Waals surface area contributed by atoms with E-state index in [1.54, 1.807) is 0 Å². The Labute approximate surface area is 61.3 Å². The summed E-state index contributed by atoms with van der Waals surface area (Å²) < 4.78 is 51.6. The van der Waals surface area contributed by atoms with Gasteiger partial charge in [-0.2, -0.15) is 13.2 Å². The molecule has 0 amide bonds. The summed E-state index contributed by atoms with van der Waals surface area (Å²) in [6.07, 6.45) is -6.87. The molecular weight excluding hydrogens is 164 g/mol. The van der Waals surface area contributed by atoms with Crippen LogP contribution in [0.3, 0.4) is 0 Å². The van der Waals surface area contributed by atoms with E-state index in [2.05, 4.69) is 4.74 Å². The molecule has 1 heterocycles. The van der Waals surface area contributed by atoms with Crippen LogP contribution in [-0.4, -0.2) is 25.1 Å². The Balaban J connectivity index is 2.42.